The van der Waals surface area contributed by atoms with Crippen LogP contribution in [0.4, 0.5) is 5.82 Å². The Bertz CT molecular complexity index is 1330. The van der Waals surface area contributed by atoms with Crippen LogP contribution in [-0.4, -0.2) is 30.7 Å². The first-order valence-corrected chi connectivity index (χ1v) is 10.6. The third-order valence-electron chi connectivity index (χ3n) is 5.49. The van der Waals surface area contributed by atoms with Gasteiger partial charge in [0, 0.05) is 29.5 Å². The van der Waals surface area contributed by atoms with Crippen molar-refractivity contribution >= 4 is 22.6 Å². The second-order valence-corrected chi connectivity index (χ2v) is 7.71. The van der Waals surface area contributed by atoms with Crippen LogP contribution in [0.25, 0.3) is 10.9 Å². The van der Waals surface area contributed by atoms with E-state index in [2.05, 4.69) is 26.0 Å². The zero-order valence-electron chi connectivity index (χ0n) is 18.4. The second-order valence-electron chi connectivity index (χ2n) is 7.71. The molecule has 0 spiro atoms. The number of aromatic nitrogens is 4. The van der Waals surface area contributed by atoms with Gasteiger partial charge in [-0.05, 0) is 61.4 Å². The Kier molecular flexibility index (Phi) is 6.22. The lowest BCUT2D eigenvalue weighted by Gasteiger charge is -2.30. The van der Waals surface area contributed by atoms with Gasteiger partial charge in [0.15, 0.2) is 5.82 Å². The summed E-state index contributed by atoms with van der Waals surface area (Å²) in [5.41, 5.74) is 9.18. The Morgan fingerprint density at radius 3 is 2.61 bits per heavy atom. The van der Waals surface area contributed by atoms with E-state index in [0.29, 0.717) is 34.9 Å². The molecule has 0 saturated carbocycles. The Morgan fingerprint density at radius 1 is 1.15 bits per heavy atom. The summed E-state index contributed by atoms with van der Waals surface area (Å²) < 4.78 is 0. The lowest BCUT2D eigenvalue weighted by atomic mass is 10.1. The standard InChI is InChI=1S/C25H23N7O/c1-3-22(24-28-9-4-10-29-24)32(15-20-7-5-17(13-26)14-30-20)25(33)18-6-8-21-19(12-18)11-16(2)23(27)31-21/h4-12,14,22H,3,15H2,1-2H3,(H2,27,31)/t22-/m1/s1. The molecular weight excluding hydrogens is 414 g/mol. The Balaban J connectivity index is 1.75. The predicted molar refractivity (Wildman–Crippen MR) is 125 cm³/mol. The van der Waals surface area contributed by atoms with Gasteiger partial charge in [0.2, 0.25) is 0 Å². The van der Waals surface area contributed by atoms with E-state index >= 15 is 0 Å². The van der Waals surface area contributed by atoms with Gasteiger partial charge in [-0.3, -0.25) is 9.78 Å². The maximum Gasteiger partial charge on any atom is 0.254 e. The average molecular weight is 438 g/mol. The summed E-state index contributed by atoms with van der Waals surface area (Å²) in [4.78, 5) is 33.1. The number of carbonyl (C=O) groups excluding carboxylic acids is 1. The SMILES string of the molecule is CC[C@H](c1ncccn1)N(Cc1ccc(C#N)cn1)C(=O)c1ccc2nc(N)c(C)cc2c1. The Morgan fingerprint density at radius 2 is 1.94 bits per heavy atom. The Labute approximate surface area is 191 Å². The van der Waals surface area contributed by atoms with Crippen molar-refractivity contribution in [2.24, 2.45) is 0 Å². The van der Waals surface area contributed by atoms with Crippen LogP contribution in [-0.2, 0) is 6.54 Å². The van der Waals surface area contributed by atoms with E-state index in [9.17, 15) is 4.79 Å². The molecule has 0 saturated heterocycles. The number of nitrogens with two attached hydrogens (primary N) is 1. The lowest BCUT2D eigenvalue weighted by Crippen LogP contribution is -2.35. The topological polar surface area (TPSA) is 122 Å². The van der Waals surface area contributed by atoms with Gasteiger partial charge in [-0.25, -0.2) is 15.0 Å². The van der Waals surface area contributed by atoms with Crippen molar-refractivity contribution in [3.63, 3.8) is 0 Å². The predicted octanol–water partition coefficient (Wildman–Crippen LogP) is 3.98. The molecule has 3 heterocycles. The van der Waals surface area contributed by atoms with Gasteiger partial charge in [-0.2, -0.15) is 5.26 Å². The minimum Gasteiger partial charge on any atom is -0.383 e. The molecule has 33 heavy (non-hydrogen) atoms. The van der Waals surface area contributed by atoms with Crippen molar-refractivity contribution in [1.29, 1.82) is 5.26 Å². The van der Waals surface area contributed by atoms with E-state index < -0.39 is 0 Å². The van der Waals surface area contributed by atoms with E-state index in [1.165, 1.54) is 6.20 Å². The molecule has 1 atom stereocenters. The van der Waals surface area contributed by atoms with Crippen LogP contribution in [0.1, 0.15) is 52.4 Å². The average Bonchev–Trinajstić information content (AvgIpc) is 2.85. The third-order valence-corrected chi connectivity index (χ3v) is 5.49. The summed E-state index contributed by atoms with van der Waals surface area (Å²) >= 11 is 0. The lowest BCUT2D eigenvalue weighted by molar-refractivity contribution is 0.0640. The zero-order valence-corrected chi connectivity index (χ0v) is 18.4. The quantitative estimate of drug-likeness (QED) is 0.484. The molecule has 0 aliphatic heterocycles. The minimum atomic E-state index is -0.349. The molecule has 1 aromatic carbocycles. The van der Waals surface area contributed by atoms with Gasteiger partial charge in [0.05, 0.1) is 29.4 Å². The summed E-state index contributed by atoms with van der Waals surface area (Å²) in [7, 11) is 0. The number of fused-ring (bicyclic) bond motifs is 1. The van der Waals surface area contributed by atoms with E-state index in [1.807, 2.05) is 26.0 Å². The van der Waals surface area contributed by atoms with Crippen LogP contribution in [0.5, 0.6) is 0 Å². The number of hydrogen-bond acceptors (Lipinski definition) is 7. The minimum absolute atomic E-state index is 0.170. The molecule has 8 nitrogen and oxygen atoms in total. The van der Waals surface area contributed by atoms with Crippen molar-refractivity contribution in [2.45, 2.75) is 32.9 Å². The van der Waals surface area contributed by atoms with Crippen LogP contribution in [0.3, 0.4) is 0 Å². The van der Waals surface area contributed by atoms with Gasteiger partial charge in [-0.1, -0.05) is 6.92 Å². The van der Waals surface area contributed by atoms with E-state index in [-0.39, 0.29) is 18.5 Å². The van der Waals surface area contributed by atoms with Gasteiger partial charge < -0.3 is 10.6 Å². The third kappa shape index (κ3) is 4.62. The van der Waals surface area contributed by atoms with Crippen LogP contribution in [0.15, 0.2) is 61.1 Å². The molecule has 3 aromatic heterocycles. The molecule has 164 valence electrons. The van der Waals surface area contributed by atoms with E-state index in [0.717, 1.165) is 16.5 Å². The Hall–Kier alpha value is -4.38. The first-order chi connectivity index (χ1) is 16.0. The van der Waals surface area contributed by atoms with Gasteiger partial charge in [0.1, 0.15) is 11.9 Å². The normalized spacial score (nSPS) is 11.7. The number of benzene rings is 1. The maximum absolute atomic E-state index is 13.8. The highest BCUT2D eigenvalue weighted by Crippen LogP contribution is 2.27. The van der Waals surface area contributed by atoms with Gasteiger partial charge >= 0.3 is 0 Å². The monoisotopic (exact) mass is 437 g/mol. The molecule has 0 radical (unpaired) electrons. The number of pyridine rings is 2. The molecule has 0 fully saturated rings. The first kappa shape index (κ1) is 21.8. The number of rotatable bonds is 6. The molecule has 0 aliphatic carbocycles. The maximum atomic E-state index is 13.8. The molecule has 8 heteroatoms. The summed E-state index contributed by atoms with van der Waals surface area (Å²) in [5, 5.41) is 9.90. The van der Waals surface area contributed by atoms with Crippen LogP contribution in [0.2, 0.25) is 0 Å². The van der Waals surface area contributed by atoms with Gasteiger partial charge in [0.25, 0.3) is 5.91 Å². The summed E-state index contributed by atoms with van der Waals surface area (Å²) in [6, 6.07) is 14.2. The highest BCUT2D eigenvalue weighted by molar-refractivity contribution is 5.98. The fourth-order valence-electron chi connectivity index (χ4n) is 3.70. The molecule has 1 amide bonds. The first-order valence-electron chi connectivity index (χ1n) is 10.6. The molecule has 2 N–H and O–H groups in total. The zero-order chi connectivity index (χ0) is 23.4. The number of carbonyl (C=O) groups is 1. The number of nitrogens with zero attached hydrogens (tertiary/aromatic N) is 6. The van der Waals surface area contributed by atoms with Crippen molar-refractivity contribution in [3.05, 3.63) is 89.3 Å². The number of hydrogen-bond donors (Lipinski definition) is 1. The summed E-state index contributed by atoms with van der Waals surface area (Å²) in [6.07, 6.45) is 5.47. The van der Waals surface area contributed by atoms with E-state index in [4.69, 9.17) is 11.0 Å². The number of aryl methyl sites for hydroxylation is 1. The summed E-state index contributed by atoms with van der Waals surface area (Å²) in [6.45, 7) is 4.13. The second kappa shape index (κ2) is 9.40. The molecule has 4 aromatic rings. The fourth-order valence-corrected chi connectivity index (χ4v) is 3.70. The van der Waals surface area contributed by atoms with Crippen molar-refractivity contribution in [3.8, 4) is 6.07 Å². The highest BCUT2D eigenvalue weighted by atomic mass is 16.2. The van der Waals surface area contributed by atoms with E-state index in [1.54, 1.807) is 47.6 Å². The largest absolute Gasteiger partial charge is 0.383 e. The number of amides is 1. The van der Waals surface area contributed by atoms with Crippen molar-refractivity contribution < 1.29 is 4.79 Å². The number of nitriles is 1. The van der Waals surface area contributed by atoms with Crippen LogP contribution in [0, 0.1) is 18.3 Å². The number of anilines is 1. The fraction of sp³-hybridized carbons (Fsp3) is 0.200. The molecule has 0 aliphatic rings. The summed E-state index contributed by atoms with van der Waals surface area (Å²) in [5.74, 6) is 0.868. The van der Waals surface area contributed by atoms with Crippen molar-refractivity contribution in [1.82, 2.24) is 24.8 Å². The smallest absolute Gasteiger partial charge is 0.254 e. The molecular formula is C25H23N7O. The molecule has 4 rings (SSSR count). The van der Waals surface area contributed by atoms with Crippen LogP contribution < -0.4 is 5.73 Å². The molecule has 0 bridgehead atoms. The van der Waals surface area contributed by atoms with Gasteiger partial charge in [-0.15, -0.1) is 0 Å². The molecule has 0 unspecified atom stereocenters. The highest BCUT2D eigenvalue weighted by Gasteiger charge is 2.27. The number of nitrogen functional groups attached to an aromatic ring is 1. The van der Waals surface area contributed by atoms with Crippen molar-refractivity contribution in [2.75, 3.05) is 5.73 Å². The van der Waals surface area contributed by atoms with Crippen LogP contribution >= 0.6 is 0 Å².